The summed E-state index contributed by atoms with van der Waals surface area (Å²) in [5.41, 5.74) is 0.836. The molecule has 0 N–H and O–H groups in total. The molecular weight excluding hydrogens is 302 g/mol. The summed E-state index contributed by atoms with van der Waals surface area (Å²) in [4.78, 5) is 11.7. The van der Waals surface area contributed by atoms with Crippen LogP contribution in [0.15, 0.2) is 53.4 Å². The number of rotatable bonds is 7. The van der Waals surface area contributed by atoms with E-state index in [1.165, 1.54) is 11.8 Å². The first-order valence-electron chi connectivity index (χ1n) is 6.69. The topological polar surface area (TPSA) is 61.6 Å². The molecule has 0 spiro atoms. The average molecular weight is 319 g/mol. The van der Waals surface area contributed by atoms with Crippen LogP contribution in [0.4, 0.5) is 0 Å². The average Bonchev–Trinajstić information content (AvgIpc) is 2.54. The zero-order valence-electron chi connectivity index (χ0n) is 12.4. The molecule has 0 aliphatic carbocycles. The van der Waals surface area contributed by atoms with Gasteiger partial charge in [-0.3, -0.25) is 10.1 Å². The van der Waals surface area contributed by atoms with Crippen molar-refractivity contribution >= 4 is 11.8 Å². The van der Waals surface area contributed by atoms with Gasteiger partial charge in [-0.2, -0.15) is 0 Å². The van der Waals surface area contributed by atoms with Gasteiger partial charge in [0.1, 0.15) is 0 Å². The number of methoxy groups -OCH3 is 2. The standard InChI is InChI=1S/C16H17NO4S/c1-20-14-9-8-12(10-15(14)21-2)16(11-17(18)19)22-13-6-4-3-5-7-13/h3-10,16H,11H2,1-2H3. The number of thioether (sulfide) groups is 1. The molecule has 0 aliphatic rings. The van der Waals surface area contributed by atoms with E-state index in [-0.39, 0.29) is 16.7 Å². The molecule has 22 heavy (non-hydrogen) atoms. The number of nitrogens with zero attached hydrogens (tertiary/aromatic N) is 1. The highest BCUT2D eigenvalue weighted by Gasteiger charge is 2.21. The van der Waals surface area contributed by atoms with Crippen LogP contribution in [0.1, 0.15) is 10.8 Å². The van der Waals surface area contributed by atoms with Crippen molar-refractivity contribution in [3.8, 4) is 11.5 Å². The van der Waals surface area contributed by atoms with Gasteiger partial charge in [-0.15, -0.1) is 11.8 Å². The minimum Gasteiger partial charge on any atom is -0.493 e. The molecule has 1 unspecified atom stereocenters. The first-order chi connectivity index (χ1) is 10.6. The van der Waals surface area contributed by atoms with Gasteiger partial charge in [-0.25, -0.2) is 0 Å². The second kappa shape index (κ2) is 7.70. The normalized spacial score (nSPS) is 11.7. The van der Waals surface area contributed by atoms with Gasteiger partial charge in [0.2, 0.25) is 6.54 Å². The van der Waals surface area contributed by atoms with Crippen LogP contribution in [0.3, 0.4) is 0 Å². The molecule has 2 rings (SSSR count). The Morgan fingerprint density at radius 2 is 1.77 bits per heavy atom. The van der Waals surface area contributed by atoms with Crippen LogP contribution in [0.25, 0.3) is 0 Å². The van der Waals surface area contributed by atoms with E-state index < -0.39 is 0 Å². The van der Waals surface area contributed by atoms with Crippen LogP contribution in [-0.4, -0.2) is 25.7 Å². The maximum Gasteiger partial charge on any atom is 0.220 e. The molecule has 0 bridgehead atoms. The lowest BCUT2D eigenvalue weighted by atomic mass is 10.1. The third kappa shape index (κ3) is 4.14. The summed E-state index contributed by atoms with van der Waals surface area (Å²) in [7, 11) is 3.11. The molecule has 0 fully saturated rings. The Labute approximate surface area is 133 Å². The van der Waals surface area contributed by atoms with Crippen LogP contribution < -0.4 is 9.47 Å². The van der Waals surface area contributed by atoms with Crippen LogP contribution >= 0.6 is 11.8 Å². The number of hydrogen-bond acceptors (Lipinski definition) is 5. The molecule has 6 heteroatoms. The Morgan fingerprint density at radius 3 is 2.36 bits per heavy atom. The van der Waals surface area contributed by atoms with Crippen molar-refractivity contribution in [1.29, 1.82) is 0 Å². The molecule has 116 valence electrons. The molecule has 2 aromatic carbocycles. The summed E-state index contributed by atoms with van der Waals surface area (Å²) in [5.74, 6) is 1.18. The van der Waals surface area contributed by atoms with E-state index in [1.807, 2.05) is 36.4 Å². The first kappa shape index (κ1) is 16.2. The van der Waals surface area contributed by atoms with Gasteiger partial charge in [0, 0.05) is 9.82 Å². The summed E-state index contributed by atoms with van der Waals surface area (Å²) in [6.07, 6.45) is 0. The van der Waals surface area contributed by atoms with E-state index in [2.05, 4.69) is 0 Å². The second-order valence-corrected chi connectivity index (χ2v) is 5.83. The molecule has 0 saturated heterocycles. The highest BCUT2D eigenvalue weighted by molar-refractivity contribution is 7.99. The van der Waals surface area contributed by atoms with Crippen molar-refractivity contribution in [3.05, 3.63) is 64.2 Å². The third-order valence-electron chi connectivity index (χ3n) is 3.12. The highest BCUT2D eigenvalue weighted by atomic mass is 32.2. The predicted octanol–water partition coefficient (Wildman–Crippen LogP) is 3.81. The molecule has 0 aromatic heterocycles. The minimum absolute atomic E-state index is 0.158. The van der Waals surface area contributed by atoms with Crippen LogP contribution in [0.2, 0.25) is 0 Å². The summed E-state index contributed by atoms with van der Waals surface area (Å²) < 4.78 is 10.5. The van der Waals surface area contributed by atoms with Gasteiger partial charge >= 0.3 is 0 Å². The van der Waals surface area contributed by atoms with E-state index in [1.54, 1.807) is 26.4 Å². The van der Waals surface area contributed by atoms with Crippen LogP contribution in [-0.2, 0) is 0 Å². The molecule has 0 heterocycles. The summed E-state index contributed by atoms with van der Waals surface area (Å²) in [6, 6.07) is 15.0. The lowest BCUT2D eigenvalue weighted by Gasteiger charge is -2.15. The predicted molar refractivity (Wildman–Crippen MR) is 86.4 cm³/mol. The van der Waals surface area contributed by atoms with Crippen molar-refractivity contribution in [2.45, 2.75) is 10.1 Å². The number of ether oxygens (including phenoxy) is 2. The second-order valence-electron chi connectivity index (χ2n) is 4.55. The summed E-state index contributed by atoms with van der Waals surface area (Å²) >= 11 is 1.46. The maximum absolute atomic E-state index is 11.0. The zero-order chi connectivity index (χ0) is 15.9. The summed E-state index contributed by atoms with van der Waals surface area (Å²) in [5, 5.41) is 10.7. The molecule has 2 aromatic rings. The van der Waals surface area contributed by atoms with Crippen molar-refractivity contribution in [1.82, 2.24) is 0 Å². The van der Waals surface area contributed by atoms with Gasteiger partial charge in [0.25, 0.3) is 0 Å². The van der Waals surface area contributed by atoms with Gasteiger partial charge < -0.3 is 9.47 Å². The molecular formula is C16H17NO4S. The monoisotopic (exact) mass is 319 g/mol. The van der Waals surface area contributed by atoms with Gasteiger partial charge in [0.15, 0.2) is 11.5 Å². The van der Waals surface area contributed by atoms with E-state index in [4.69, 9.17) is 9.47 Å². The largest absolute Gasteiger partial charge is 0.493 e. The lowest BCUT2D eigenvalue weighted by Crippen LogP contribution is -2.10. The summed E-state index contributed by atoms with van der Waals surface area (Å²) in [6.45, 7) is -0.158. The number of benzene rings is 2. The van der Waals surface area contributed by atoms with E-state index in [0.29, 0.717) is 11.5 Å². The fraction of sp³-hybridized carbons (Fsp3) is 0.250. The van der Waals surface area contributed by atoms with Crippen molar-refractivity contribution in [3.63, 3.8) is 0 Å². The molecule has 0 amide bonds. The minimum atomic E-state index is -0.294. The SMILES string of the molecule is COc1ccc(C(C[N+](=O)[O-])Sc2ccccc2)cc1OC. The van der Waals surface area contributed by atoms with Crippen molar-refractivity contribution in [2.24, 2.45) is 0 Å². The molecule has 0 saturated carbocycles. The van der Waals surface area contributed by atoms with Gasteiger partial charge in [-0.05, 0) is 29.8 Å². The van der Waals surface area contributed by atoms with E-state index in [9.17, 15) is 10.1 Å². The number of nitro groups is 1. The highest BCUT2D eigenvalue weighted by Crippen LogP contribution is 2.38. The number of hydrogen-bond donors (Lipinski definition) is 0. The molecule has 0 radical (unpaired) electrons. The Hall–Kier alpha value is -2.21. The van der Waals surface area contributed by atoms with Crippen molar-refractivity contribution in [2.75, 3.05) is 20.8 Å². The van der Waals surface area contributed by atoms with Gasteiger partial charge in [0.05, 0.1) is 19.5 Å². The van der Waals surface area contributed by atoms with Crippen molar-refractivity contribution < 1.29 is 14.4 Å². The fourth-order valence-electron chi connectivity index (χ4n) is 2.06. The quantitative estimate of drug-likeness (QED) is 0.441. The molecule has 1 atom stereocenters. The Morgan fingerprint density at radius 1 is 1.09 bits per heavy atom. The zero-order valence-corrected chi connectivity index (χ0v) is 13.2. The van der Waals surface area contributed by atoms with Crippen LogP contribution in [0.5, 0.6) is 11.5 Å². The van der Waals surface area contributed by atoms with Gasteiger partial charge in [-0.1, -0.05) is 24.3 Å². The maximum atomic E-state index is 11.0. The third-order valence-corrected chi connectivity index (χ3v) is 4.37. The molecule has 5 nitrogen and oxygen atoms in total. The lowest BCUT2D eigenvalue weighted by molar-refractivity contribution is -0.479. The molecule has 0 aliphatic heterocycles. The van der Waals surface area contributed by atoms with Crippen LogP contribution in [0, 0.1) is 10.1 Å². The smallest absolute Gasteiger partial charge is 0.220 e. The Bertz CT molecular complexity index is 633. The van der Waals surface area contributed by atoms with E-state index in [0.717, 1.165) is 10.5 Å². The van der Waals surface area contributed by atoms with E-state index >= 15 is 0 Å². The Kier molecular flexibility index (Phi) is 5.66. The fourth-order valence-corrected chi connectivity index (χ4v) is 3.18. The first-order valence-corrected chi connectivity index (χ1v) is 7.57. The Balaban J connectivity index is 2.30.